The van der Waals surface area contributed by atoms with Crippen LogP contribution in [0.3, 0.4) is 0 Å². The topological polar surface area (TPSA) is 55.1 Å². The van der Waals surface area contributed by atoms with Crippen LogP contribution in [0.1, 0.15) is 58.9 Å². The lowest BCUT2D eigenvalue weighted by Crippen LogP contribution is -2.39. The van der Waals surface area contributed by atoms with Crippen molar-refractivity contribution in [1.82, 2.24) is 9.78 Å². The van der Waals surface area contributed by atoms with Crippen LogP contribution in [0.2, 0.25) is 0 Å². The minimum atomic E-state index is -0.640. The first-order chi connectivity index (χ1) is 9.77. The first-order valence-electron chi connectivity index (χ1n) is 8.01. The fourth-order valence-electron chi connectivity index (χ4n) is 3.56. The molecule has 1 fully saturated rings. The van der Waals surface area contributed by atoms with Crippen molar-refractivity contribution in [3.63, 3.8) is 0 Å². The predicted molar refractivity (Wildman–Crippen MR) is 83.1 cm³/mol. The van der Waals surface area contributed by atoms with E-state index in [4.69, 9.17) is 0 Å². The molecule has 1 N–H and O–H groups in total. The molecule has 21 heavy (non-hydrogen) atoms. The Morgan fingerprint density at radius 3 is 2.48 bits per heavy atom. The molecule has 2 rings (SSSR count). The Morgan fingerprint density at radius 1 is 1.43 bits per heavy atom. The second kappa shape index (κ2) is 5.82. The van der Waals surface area contributed by atoms with E-state index in [1.807, 2.05) is 24.0 Å². The number of carboxylic acids is 1. The van der Waals surface area contributed by atoms with Gasteiger partial charge in [-0.1, -0.05) is 20.8 Å². The molecule has 0 atom stereocenters. The van der Waals surface area contributed by atoms with E-state index in [9.17, 15) is 9.90 Å². The average molecular weight is 292 g/mol. The van der Waals surface area contributed by atoms with Crippen LogP contribution in [0.5, 0.6) is 0 Å². The highest BCUT2D eigenvalue weighted by Gasteiger charge is 2.44. The maximum Gasteiger partial charge on any atom is 0.309 e. The molecule has 0 bridgehead atoms. The van der Waals surface area contributed by atoms with Gasteiger partial charge in [-0.2, -0.15) is 5.10 Å². The molecule has 4 heteroatoms. The van der Waals surface area contributed by atoms with Crippen LogP contribution >= 0.6 is 0 Å². The number of rotatable bonds is 4. The molecule has 1 aliphatic rings. The monoisotopic (exact) mass is 292 g/mol. The maximum absolute atomic E-state index is 11.9. The van der Waals surface area contributed by atoms with Crippen LogP contribution in [0.4, 0.5) is 0 Å². The van der Waals surface area contributed by atoms with Gasteiger partial charge in [0.2, 0.25) is 0 Å². The third-order valence-corrected chi connectivity index (χ3v) is 5.17. The van der Waals surface area contributed by atoms with E-state index >= 15 is 0 Å². The Hall–Kier alpha value is -1.32. The molecule has 0 aromatic carbocycles. The van der Waals surface area contributed by atoms with Crippen molar-refractivity contribution in [1.29, 1.82) is 0 Å². The zero-order valence-electron chi connectivity index (χ0n) is 13.7. The van der Waals surface area contributed by atoms with Crippen molar-refractivity contribution in [2.45, 2.75) is 66.3 Å². The molecule has 0 radical (unpaired) electrons. The Labute approximate surface area is 127 Å². The second-order valence-corrected chi connectivity index (χ2v) is 7.61. The predicted octanol–water partition coefficient (Wildman–Crippen LogP) is 3.75. The largest absolute Gasteiger partial charge is 0.481 e. The highest BCUT2D eigenvalue weighted by atomic mass is 16.4. The summed E-state index contributed by atoms with van der Waals surface area (Å²) in [6.07, 6.45) is 8.00. The van der Waals surface area contributed by atoms with Crippen molar-refractivity contribution in [2.24, 2.45) is 16.7 Å². The van der Waals surface area contributed by atoms with Crippen LogP contribution in [0.25, 0.3) is 0 Å². The number of aliphatic carboxylic acids is 1. The fraction of sp³-hybridized carbons (Fsp3) is 0.765. The number of nitrogens with zero attached hydrogens (tertiary/aromatic N) is 2. The summed E-state index contributed by atoms with van der Waals surface area (Å²) in [5, 5.41) is 14.0. The number of aromatic nitrogens is 2. The standard InChI is InChI=1S/C17H28N2O2/c1-5-19-12-13(11-18-19)10-17(15(20)21)8-6-14(7-9-17)16(2,3)4/h11-12,14H,5-10H2,1-4H3,(H,20,21). The van der Waals surface area contributed by atoms with Gasteiger partial charge in [-0.3, -0.25) is 9.48 Å². The molecule has 1 aliphatic carbocycles. The lowest BCUT2D eigenvalue weighted by atomic mass is 9.62. The molecule has 1 heterocycles. The second-order valence-electron chi connectivity index (χ2n) is 7.61. The van der Waals surface area contributed by atoms with E-state index in [2.05, 4.69) is 25.9 Å². The summed E-state index contributed by atoms with van der Waals surface area (Å²) in [7, 11) is 0. The van der Waals surface area contributed by atoms with Crippen LogP contribution in [0.15, 0.2) is 12.4 Å². The van der Waals surface area contributed by atoms with E-state index in [1.54, 1.807) is 0 Å². The quantitative estimate of drug-likeness (QED) is 0.919. The van der Waals surface area contributed by atoms with Crippen molar-refractivity contribution in [2.75, 3.05) is 0 Å². The molecule has 1 aromatic rings. The van der Waals surface area contributed by atoms with E-state index in [0.29, 0.717) is 12.3 Å². The van der Waals surface area contributed by atoms with E-state index in [0.717, 1.165) is 37.8 Å². The van der Waals surface area contributed by atoms with Crippen molar-refractivity contribution in [3.8, 4) is 0 Å². The normalized spacial score (nSPS) is 26.8. The van der Waals surface area contributed by atoms with Crippen LogP contribution < -0.4 is 0 Å². The van der Waals surface area contributed by atoms with Crippen molar-refractivity contribution >= 4 is 5.97 Å². The number of carboxylic acid groups (broad SMARTS) is 1. The molecule has 0 unspecified atom stereocenters. The number of hydrogen-bond donors (Lipinski definition) is 1. The van der Waals surface area contributed by atoms with E-state index in [-0.39, 0.29) is 5.41 Å². The zero-order valence-corrected chi connectivity index (χ0v) is 13.7. The van der Waals surface area contributed by atoms with Gasteiger partial charge >= 0.3 is 5.97 Å². The van der Waals surface area contributed by atoms with Gasteiger partial charge in [0, 0.05) is 12.7 Å². The minimum Gasteiger partial charge on any atom is -0.481 e. The SMILES string of the molecule is CCn1cc(CC2(C(=O)O)CCC(C(C)(C)C)CC2)cn1. The first kappa shape index (κ1) is 16.1. The Kier molecular flexibility index (Phi) is 4.45. The molecule has 4 nitrogen and oxygen atoms in total. The first-order valence-corrected chi connectivity index (χ1v) is 8.01. The van der Waals surface area contributed by atoms with Crippen molar-refractivity contribution < 1.29 is 9.90 Å². The maximum atomic E-state index is 11.9. The summed E-state index contributed by atoms with van der Waals surface area (Å²) in [5.41, 5.74) is 0.731. The number of hydrogen-bond acceptors (Lipinski definition) is 2. The highest BCUT2D eigenvalue weighted by molar-refractivity contribution is 5.75. The summed E-state index contributed by atoms with van der Waals surface area (Å²) < 4.78 is 1.87. The van der Waals surface area contributed by atoms with Crippen LogP contribution in [-0.2, 0) is 17.8 Å². The average Bonchev–Trinajstić information content (AvgIpc) is 2.85. The minimum absolute atomic E-state index is 0.276. The fourth-order valence-corrected chi connectivity index (χ4v) is 3.56. The lowest BCUT2D eigenvalue weighted by Gasteiger charge is -2.41. The summed E-state index contributed by atoms with van der Waals surface area (Å²) in [5.74, 6) is -0.0116. The van der Waals surface area contributed by atoms with Gasteiger partial charge in [-0.05, 0) is 55.9 Å². The summed E-state index contributed by atoms with van der Waals surface area (Å²) in [6, 6.07) is 0. The Bertz CT molecular complexity index is 491. The molecule has 0 saturated heterocycles. The van der Waals surface area contributed by atoms with Gasteiger partial charge in [0.05, 0.1) is 11.6 Å². The number of carbonyl (C=O) groups is 1. The van der Waals surface area contributed by atoms with Gasteiger partial charge < -0.3 is 5.11 Å². The van der Waals surface area contributed by atoms with E-state index < -0.39 is 11.4 Å². The molecule has 0 amide bonds. The van der Waals surface area contributed by atoms with Crippen molar-refractivity contribution in [3.05, 3.63) is 18.0 Å². The molecule has 1 saturated carbocycles. The third-order valence-electron chi connectivity index (χ3n) is 5.17. The lowest BCUT2D eigenvalue weighted by molar-refractivity contribution is -0.152. The molecule has 118 valence electrons. The summed E-state index contributed by atoms with van der Waals surface area (Å²) in [4.78, 5) is 11.9. The third kappa shape index (κ3) is 3.47. The number of aryl methyl sites for hydroxylation is 1. The summed E-state index contributed by atoms with van der Waals surface area (Å²) >= 11 is 0. The van der Waals surface area contributed by atoms with E-state index in [1.165, 1.54) is 0 Å². The molecule has 0 aliphatic heterocycles. The van der Waals surface area contributed by atoms with Crippen LogP contribution in [0, 0.1) is 16.7 Å². The van der Waals surface area contributed by atoms with Gasteiger partial charge in [0.1, 0.15) is 0 Å². The van der Waals surface area contributed by atoms with Gasteiger partial charge in [-0.15, -0.1) is 0 Å². The molecule has 1 aromatic heterocycles. The molecular weight excluding hydrogens is 264 g/mol. The molecular formula is C17H28N2O2. The Balaban J connectivity index is 2.11. The zero-order chi connectivity index (χ0) is 15.7. The van der Waals surface area contributed by atoms with Gasteiger partial charge in [0.25, 0.3) is 0 Å². The van der Waals surface area contributed by atoms with Gasteiger partial charge in [-0.25, -0.2) is 0 Å². The highest BCUT2D eigenvalue weighted by Crippen LogP contribution is 2.47. The molecule has 0 spiro atoms. The summed E-state index contributed by atoms with van der Waals surface area (Å²) in [6.45, 7) is 9.65. The Morgan fingerprint density at radius 2 is 2.05 bits per heavy atom. The van der Waals surface area contributed by atoms with Gasteiger partial charge in [0.15, 0.2) is 0 Å². The van der Waals surface area contributed by atoms with Crippen LogP contribution in [-0.4, -0.2) is 20.9 Å². The smallest absolute Gasteiger partial charge is 0.309 e.